The van der Waals surface area contributed by atoms with E-state index in [4.69, 9.17) is 9.31 Å². The van der Waals surface area contributed by atoms with Crippen molar-refractivity contribution in [2.75, 3.05) is 0 Å². The van der Waals surface area contributed by atoms with Crippen LogP contribution in [0.25, 0.3) is 0 Å². The normalized spacial score (nSPS) is 11.8. The molecule has 0 aliphatic rings. The lowest BCUT2D eigenvalue weighted by molar-refractivity contribution is -0.142. The molecule has 0 aliphatic carbocycles. The van der Waals surface area contributed by atoms with Crippen molar-refractivity contribution in [2.45, 2.75) is 12.4 Å². The molecular formula is C20H13BF6O4. The fourth-order valence-electron chi connectivity index (χ4n) is 2.62. The third-order valence-electron chi connectivity index (χ3n) is 4.08. The molecule has 0 heterocycles. The first-order valence-corrected chi connectivity index (χ1v) is 8.64. The summed E-state index contributed by atoms with van der Waals surface area (Å²) in [5.74, 6) is -1.35. The zero-order valence-corrected chi connectivity index (χ0v) is 15.4. The molecule has 0 aromatic heterocycles. The summed E-state index contributed by atoms with van der Waals surface area (Å²) in [6.07, 6.45) is -10.2. The first-order chi connectivity index (χ1) is 14.4. The number of aromatic hydroxyl groups is 2. The molecule has 2 N–H and O–H groups in total. The average Bonchev–Trinajstić information content (AvgIpc) is 2.69. The molecule has 11 heteroatoms. The molecule has 0 saturated heterocycles. The Morgan fingerprint density at radius 3 is 1.35 bits per heavy atom. The number of alkyl halides is 6. The molecule has 0 spiro atoms. The van der Waals surface area contributed by atoms with Gasteiger partial charge in [0.25, 0.3) is 0 Å². The monoisotopic (exact) mass is 442 g/mol. The van der Waals surface area contributed by atoms with Gasteiger partial charge in [0.2, 0.25) is 0 Å². The first-order valence-electron chi connectivity index (χ1n) is 8.64. The minimum atomic E-state index is -5.08. The van der Waals surface area contributed by atoms with Crippen molar-refractivity contribution < 1.29 is 45.9 Å². The quantitative estimate of drug-likeness (QED) is 0.432. The molecule has 4 nitrogen and oxygen atoms in total. The van der Waals surface area contributed by atoms with E-state index in [1.54, 1.807) is 0 Å². The number of phenolic OH excluding ortho intramolecular Hbond substituents is 2. The van der Waals surface area contributed by atoms with Crippen LogP contribution in [0, 0.1) is 0 Å². The summed E-state index contributed by atoms with van der Waals surface area (Å²) in [4.78, 5) is 0. The highest BCUT2D eigenvalue weighted by Gasteiger charge is 2.40. The van der Waals surface area contributed by atoms with E-state index in [0.29, 0.717) is 12.1 Å². The second-order valence-corrected chi connectivity index (χ2v) is 6.34. The van der Waals surface area contributed by atoms with E-state index in [2.05, 4.69) is 0 Å². The Balaban J connectivity index is 2.13. The molecule has 0 fully saturated rings. The fraction of sp³-hybridized carbons (Fsp3) is 0.100. The zero-order valence-electron chi connectivity index (χ0n) is 15.4. The maximum absolute atomic E-state index is 13.3. The van der Waals surface area contributed by atoms with Gasteiger partial charge in [0.05, 0.1) is 11.1 Å². The predicted molar refractivity (Wildman–Crippen MR) is 99.3 cm³/mol. The van der Waals surface area contributed by atoms with E-state index >= 15 is 0 Å². The molecule has 0 amide bonds. The highest BCUT2D eigenvalue weighted by Crippen LogP contribution is 2.35. The third kappa shape index (κ3) is 5.36. The van der Waals surface area contributed by atoms with Crippen LogP contribution in [0.15, 0.2) is 66.7 Å². The zero-order chi connectivity index (χ0) is 22.8. The lowest BCUT2D eigenvalue weighted by Gasteiger charge is -2.20. The SMILES string of the molecule is Oc1ccccc1OB(Oc1ccccc1O)c1cc(C(F)(F)F)cc(C(F)(F)F)c1. The smallest absolute Gasteiger partial charge is 0.519 e. The molecule has 0 aliphatic heterocycles. The summed E-state index contributed by atoms with van der Waals surface area (Å²) in [5.41, 5.74) is -3.76. The maximum Gasteiger partial charge on any atom is 0.632 e. The summed E-state index contributed by atoms with van der Waals surface area (Å²) in [7, 11) is -1.87. The van der Waals surface area contributed by atoms with E-state index in [0.717, 1.165) is 0 Å². The van der Waals surface area contributed by atoms with Gasteiger partial charge in [0.15, 0.2) is 11.5 Å². The fourth-order valence-corrected chi connectivity index (χ4v) is 2.62. The van der Waals surface area contributed by atoms with Gasteiger partial charge < -0.3 is 19.5 Å². The summed E-state index contributed by atoms with van der Waals surface area (Å²) in [6.45, 7) is 0. The Bertz CT molecular complexity index is 988. The van der Waals surface area contributed by atoms with Gasteiger partial charge >= 0.3 is 19.5 Å². The molecule has 0 bridgehead atoms. The Morgan fingerprint density at radius 2 is 1.00 bits per heavy atom. The highest BCUT2D eigenvalue weighted by molar-refractivity contribution is 6.62. The molecule has 0 unspecified atom stereocenters. The molecule has 31 heavy (non-hydrogen) atoms. The van der Waals surface area contributed by atoms with Crippen LogP contribution < -0.4 is 14.8 Å². The number of hydrogen-bond acceptors (Lipinski definition) is 4. The van der Waals surface area contributed by atoms with Crippen molar-refractivity contribution in [1.82, 2.24) is 0 Å². The van der Waals surface area contributed by atoms with Gasteiger partial charge in [-0.3, -0.25) is 0 Å². The molecule has 162 valence electrons. The van der Waals surface area contributed by atoms with Crippen LogP contribution in [0.2, 0.25) is 0 Å². The molecule has 3 aromatic rings. The van der Waals surface area contributed by atoms with E-state index in [1.165, 1.54) is 48.5 Å². The van der Waals surface area contributed by atoms with Crippen LogP contribution in [-0.2, 0) is 12.4 Å². The van der Waals surface area contributed by atoms with Crippen LogP contribution in [0.1, 0.15) is 11.1 Å². The lowest BCUT2D eigenvalue weighted by atomic mass is 9.76. The molecule has 0 atom stereocenters. The second kappa shape index (κ2) is 8.33. The van der Waals surface area contributed by atoms with Gasteiger partial charge in [0.1, 0.15) is 11.5 Å². The van der Waals surface area contributed by atoms with Crippen molar-refractivity contribution in [2.24, 2.45) is 0 Å². The number of hydrogen-bond donors (Lipinski definition) is 2. The van der Waals surface area contributed by atoms with Crippen molar-refractivity contribution in [1.29, 1.82) is 0 Å². The Morgan fingerprint density at radius 1 is 0.613 bits per heavy atom. The van der Waals surface area contributed by atoms with Gasteiger partial charge in [0, 0.05) is 5.46 Å². The molecular weight excluding hydrogens is 429 g/mol. The van der Waals surface area contributed by atoms with Gasteiger partial charge in [-0.15, -0.1) is 0 Å². The lowest BCUT2D eigenvalue weighted by Crippen LogP contribution is -2.43. The Hall–Kier alpha value is -3.50. The average molecular weight is 442 g/mol. The van der Waals surface area contributed by atoms with Crippen LogP contribution in [0.4, 0.5) is 26.3 Å². The molecule has 3 rings (SSSR count). The summed E-state index contributed by atoms with van der Waals surface area (Å²) in [5, 5.41) is 19.8. The minimum absolute atomic E-state index is 0.0272. The first kappa shape index (κ1) is 22.2. The Kier molecular flexibility index (Phi) is 5.96. The summed E-state index contributed by atoms with van der Waals surface area (Å²) < 4.78 is 90.3. The van der Waals surface area contributed by atoms with E-state index in [9.17, 15) is 36.6 Å². The molecule has 0 radical (unpaired) electrons. The van der Waals surface area contributed by atoms with Gasteiger partial charge in [-0.1, -0.05) is 24.3 Å². The van der Waals surface area contributed by atoms with Crippen LogP contribution in [0.3, 0.4) is 0 Å². The predicted octanol–water partition coefficient (Wildman–Crippen LogP) is 4.99. The van der Waals surface area contributed by atoms with Crippen molar-refractivity contribution in [3.63, 3.8) is 0 Å². The number of rotatable bonds is 5. The number of phenols is 2. The van der Waals surface area contributed by atoms with Crippen molar-refractivity contribution >= 4 is 12.6 Å². The molecule has 0 saturated carbocycles. The van der Waals surface area contributed by atoms with Crippen LogP contribution in [0.5, 0.6) is 23.0 Å². The number of benzene rings is 3. The Labute approximate surface area is 172 Å². The number of para-hydroxylation sites is 4. The minimum Gasteiger partial charge on any atom is -0.519 e. The second-order valence-electron chi connectivity index (χ2n) is 6.34. The van der Waals surface area contributed by atoms with Crippen LogP contribution >= 0.6 is 0 Å². The summed E-state index contributed by atoms with van der Waals surface area (Å²) in [6, 6.07) is 11.5. The van der Waals surface area contributed by atoms with Gasteiger partial charge in [-0.2, -0.15) is 26.3 Å². The van der Waals surface area contributed by atoms with E-state index in [1.807, 2.05) is 0 Å². The number of halogens is 6. The topological polar surface area (TPSA) is 58.9 Å². The largest absolute Gasteiger partial charge is 0.632 e. The van der Waals surface area contributed by atoms with Crippen molar-refractivity contribution in [3.8, 4) is 23.0 Å². The maximum atomic E-state index is 13.3. The summed E-state index contributed by atoms with van der Waals surface area (Å²) >= 11 is 0. The van der Waals surface area contributed by atoms with E-state index < -0.39 is 47.6 Å². The third-order valence-corrected chi connectivity index (χ3v) is 4.08. The van der Waals surface area contributed by atoms with E-state index in [-0.39, 0.29) is 17.6 Å². The molecule has 3 aromatic carbocycles. The standard InChI is InChI=1S/C20H13BF6O4/c22-19(23,24)12-9-13(20(25,26)27)11-14(10-12)21(30-17-7-3-1-5-15(17)28)31-18-8-4-2-6-16(18)29/h1-11,28-29H. The van der Waals surface area contributed by atoms with Crippen LogP contribution in [-0.4, -0.2) is 17.3 Å². The van der Waals surface area contributed by atoms with Crippen molar-refractivity contribution in [3.05, 3.63) is 77.9 Å². The van der Waals surface area contributed by atoms with Gasteiger partial charge in [-0.05, 0) is 42.5 Å². The van der Waals surface area contributed by atoms with Gasteiger partial charge in [-0.25, -0.2) is 0 Å². The highest BCUT2D eigenvalue weighted by atomic mass is 19.4.